The van der Waals surface area contributed by atoms with Gasteiger partial charge in [-0.05, 0) is 37.1 Å². The second-order valence-electron chi connectivity index (χ2n) is 7.48. The zero-order chi connectivity index (χ0) is 22.8. The summed E-state index contributed by atoms with van der Waals surface area (Å²) in [6.45, 7) is 0.378. The topological polar surface area (TPSA) is 75.2 Å². The lowest BCUT2D eigenvalue weighted by atomic mass is 10.1. The molecule has 0 aliphatic carbocycles. The van der Waals surface area contributed by atoms with Crippen LogP contribution in [0.1, 0.15) is 18.4 Å². The molecule has 0 radical (unpaired) electrons. The Morgan fingerprint density at radius 3 is 2.38 bits per heavy atom. The smallest absolute Gasteiger partial charge is 0.351 e. The fraction of sp³-hybridized carbons (Fsp3) is 0.273. The Balaban J connectivity index is 1.41. The van der Waals surface area contributed by atoms with Gasteiger partial charge in [0.25, 0.3) is 0 Å². The monoisotopic (exact) mass is 462 g/mol. The number of sulfonamides is 1. The van der Waals surface area contributed by atoms with Crippen molar-refractivity contribution >= 4 is 16.0 Å². The first-order valence-corrected chi connectivity index (χ1v) is 11.5. The molecule has 10 heteroatoms. The van der Waals surface area contributed by atoms with Gasteiger partial charge in [-0.1, -0.05) is 36.4 Å². The number of alkyl halides is 3. The highest BCUT2D eigenvalue weighted by atomic mass is 32.2. The molecule has 1 aliphatic heterocycles. The van der Waals surface area contributed by atoms with Crippen LogP contribution in [0.3, 0.4) is 0 Å². The standard InChI is InChI=1S/C22H21F3N4O2S/c23-22(24,25)17-7-4-8-19(15-17)32(30,31)29-13-10-18(11-14-29)27-21-26-12-9-20(28-21)16-5-2-1-3-6-16/h1-9,12,15,18H,10-11,13-14H2,(H,26,27,28). The summed E-state index contributed by atoms with van der Waals surface area (Å²) in [5.74, 6) is 0.450. The lowest BCUT2D eigenvalue weighted by Crippen LogP contribution is -2.42. The van der Waals surface area contributed by atoms with E-state index < -0.39 is 21.8 Å². The Morgan fingerprint density at radius 1 is 0.969 bits per heavy atom. The van der Waals surface area contributed by atoms with Gasteiger partial charge in [0.05, 0.1) is 16.2 Å². The minimum Gasteiger partial charge on any atom is -0.351 e. The van der Waals surface area contributed by atoms with Crippen LogP contribution in [0.2, 0.25) is 0 Å². The Morgan fingerprint density at radius 2 is 1.69 bits per heavy atom. The van der Waals surface area contributed by atoms with Crippen molar-refractivity contribution in [2.45, 2.75) is 30.0 Å². The molecule has 1 aromatic heterocycles. The minimum atomic E-state index is -4.60. The fourth-order valence-electron chi connectivity index (χ4n) is 3.60. The molecule has 1 saturated heterocycles. The average Bonchev–Trinajstić information content (AvgIpc) is 2.80. The molecule has 3 aromatic rings. The Labute approximate surface area is 184 Å². The summed E-state index contributed by atoms with van der Waals surface area (Å²) in [5, 5.41) is 3.24. The van der Waals surface area contributed by atoms with Crippen molar-refractivity contribution < 1.29 is 21.6 Å². The number of anilines is 1. The number of rotatable bonds is 5. The van der Waals surface area contributed by atoms with Crippen LogP contribution in [0.25, 0.3) is 11.3 Å². The number of aromatic nitrogens is 2. The van der Waals surface area contributed by atoms with Crippen LogP contribution >= 0.6 is 0 Å². The van der Waals surface area contributed by atoms with Crippen molar-refractivity contribution in [3.8, 4) is 11.3 Å². The Kier molecular flexibility index (Phi) is 6.16. The number of piperidine rings is 1. The van der Waals surface area contributed by atoms with Crippen molar-refractivity contribution in [1.82, 2.24) is 14.3 Å². The molecule has 0 amide bonds. The number of benzene rings is 2. The van der Waals surface area contributed by atoms with E-state index in [2.05, 4.69) is 15.3 Å². The van der Waals surface area contributed by atoms with Crippen molar-refractivity contribution in [3.05, 3.63) is 72.4 Å². The molecule has 1 aliphatic rings. The SMILES string of the molecule is O=S(=O)(c1cccc(C(F)(F)F)c1)N1CCC(Nc2nccc(-c3ccccc3)n2)CC1. The molecular formula is C22H21F3N4O2S. The minimum absolute atomic E-state index is 0.0472. The second kappa shape index (κ2) is 8.87. The summed E-state index contributed by atoms with van der Waals surface area (Å²) >= 11 is 0. The molecule has 4 rings (SSSR count). The molecule has 2 heterocycles. The third kappa shape index (κ3) is 4.91. The van der Waals surface area contributed by atoms with E-state index in [1.807, 2.05) is 36.4 Å². The van der Waals surface area contributed by atoms with Crippen molar-refractivity contribution in [2.24, 2.45) is 0 Å². The van der Waals surface area contributed by atoms with Crippen LogP contribution in [0.4, 0.5) is 19.1 Å². The predicted molar refractivity (Wildman–Crippen MR) is 114 cm³/mol. The van der Waals surface area contributed by atoms with Gasteiger partial charge in [0.2, 0.25) is 16.0 Å². The molecule has 6 nitrogen and oxygen atoms in total. The maximum atomic E-state index is 13.0. The van der Waals surface area contributed by atoms with E-state index in [1.165, 1.54) is 10.4 Å². The summed E-state index contributed by atoms with van der Waals surface area (Å²) in [6.07, 6.45) is -1.98. The van der Waals surface area contributed by atoms with E-state index in [9.17, 15) is 21.6 Å². The van der Waals surface area contributed by atoms with Crippen LogP contribution in [0.15, 0.2) is 71.8 Å². The third-order valence-corrected chi connectivity index (χ3v) is 7.21. The second-order valence-corrected chi connectivity index (χ2v) is 9.42. The Hall–Kier alpha value is -2.98. The van der Waals surface area contributed by atoms with Gasteiger partial charge in [-0.15, -0.1) is 0 Å². The van der Waals surface area contributed by atoms with Gasteiger partial charge in [-0.25, -0.2) is 18.4 Å². The van der Waals surface area contributed by atoms with Crippen LogP contribution in [0, 0.1) is 0 Å². The van der Waals surface area contributed by atoms with E-state index in [1.54, 1.807) is 6.20 Å². The largest absolute Gasteiger partial charge is 0.416 e. The van der Waals surface area contributed by atoms with Gasteiger partial charge >= 0.3 is 6.18 Å². The first-order chi connectivity index (χ1) is 15.2. The summed E-state index contributed by atoms with van der Waals surface area (Å²) < 4.78 is 65.8. The average molecular weight is 462 g/mol. The predicted octanol–water partition coefficient (Wildman–Crippen LogP) is 4.43. The van der Waals surface area contributed by atoms with Crippen molar-refractivity contribution in [1.29, 1.82) is 0 Å². The summed E-state index contributed by atoms with van der Waals surface area (Å²) in [6, 6.07) is 15.3. The van der Waals surface area contributed by atoms with E-state index in [-0.39, 0.29) is 24.0 Å². The summed E-state index contributed by atoms with van der Waals surface area (Å²) in [4.78, 5) is 8.42. The maximum absolute atomic E-state index is 13.0. The molecule has 32 heavy (non-hydrogen) atoms. The number of hydrogen-bond acceptors (Lipinski definition) is 5. The fourth-order valence-corrected chi connectivity index (χ4v) is 5.12. The van der Waals surface area contributed by atoms with Crippen LogP contribution in [0.5, 0.6) is 0 Å². The molecular weight excluding hydrogens is 441 g/mol. The Bertz CT molecular complexity index is 1180. The molecule has 168 valence electrons. The zero-order valence-corrected chi connectivity index (χ0v) is 17.8. The lowest BCUT2D eigenvalue weighted by Gasteiger charge is -2.31. The maximum Gasteiger partial charge on any atom is 0.416 e. The molecule has 1 fully saturated rings. The summed E-state index contributed by atoms with van der Waals surface area (Å²) in [7, 11) is -4.01. The van der Waals surface area contributed by atoms with Crippen LogP contribution < -0.4 is 5.32 Å². The molecule has 0 atom stereocenters. The molecule has 0 saturated carbocycles. The van der Waals surface area contributed by atoms with Crippen molar-refractivity contribution in [3.63, 3.8) is 0 Å². The molecule has 0 bridgehead atoms. The highest BCUT2D eigenvalue weighted by molar-refractivity contribution is 7.89. The first kappa shape index (κ1) is 22.2. The molecule has 0 spiro atoms. The number of hydrogen-bond donors (Lipinski definition) is 1. The molecule has 1 N–H and O–H groups in total. The van der Waals surface area contributed by atoms with Gasteiger partial charge in [-0.3, -0.25) is 0 Å². The van der Waals surface area contributed by atoms with Gasteiger partial charge in [-0.2, -0.15) is 17.5 Å². The van der Waals surface area contributed by atoms with Crippen LogP contribution in [-0.4, -0.2) is 41.8 Å². The highest BCUT2D eigenvalue weighted by Crippen LogP contribution is 2.31. The molecule has 0 unspecified atom stereocenters. The first-order valence-electron chi connectivity index (χ1n) is 10.1. The quantitative estimate of drug-likeness (QED) is 0.607. The van der Waals surface area contributed by atoms with Crippen LogP contribution in [-0.2, 0) is 16.2 Å². The third-order valence-electron chi connectivity index (χ3n) is 5.31. The number of nitrogens with zero attached hydrogens (tertiary/aromatic N) is 3. The molecule has 2 aromatic carbocycles. The lowest BCUT2D eigenvalue weighted by molar-refractivity contribution is -0.137. The van der Waals surface area contributed by atoms with Crippen molar-refractivity contribution in [2.75, 3.05) is 18.4 Å². The van der Waals surface area contributed by atoms with Gasteiger partial charge in [0.15, 0.2) is 0 Å². The highest BCUT2D eigenvalue weighted by Gasteiger charge is 2.34. The normalized spacial score (nSPS) is 16.1. The van der Waals surface area contributed by atoms with E-state index >= 15 is 0 Å². The van der Waals surface area contributed by atoms with Gasteiger partial charge in [0, 0.05) is 30.9 Å². The number of nitrogens with one attached hydrogen (secondary N) is 1. The van der Waals surface area contributed by atoms with E-state index in [0.29, 0.717) is 24.9 Å². The van der Waals surface area contributed by atoms with Gasteiger partial charge in [0.1, 0.15) is 0 Å². The van der Waals surface area contributed by atoms with E-state index in [4.69, 9.17) is 0 Å². The number of halogens is 3. The van der Waals surface area contributed by atoms with Gasteiger partial charge < -0.3 is 5.32 Å². The zero-order valence-electron chi connectivity index (χ0n) is 17.0. The van der Waals surface area contributed by atoms with E-state index in [0.717, 1.165) is 23.4 Å². The summed E-state index contributed by atoms with van der Waals surface area (Å²) in [5.41, 5.74) is 0.748.